The Morgan fingerprint density at radius 2 is 1.95 bits per heavy atom. The second kappa shape index (κ2) is 6.80. The Morgan fingerprint density at radius 3 is 2.62 bits per heavy atom. The molecule has 21 heavy (non-hydrogen) atoms. The summed E-state index contributed by atoms with van der Waals surface area (Å²) >= 11 is 1.71. The van der Waals surface area contributed by atoms with E-state index in [0.717, 1.165) is 41.6 Å². The molecular formula is C16H23N3OS. The fourth-order valence-corrected chi connectivity index (χ4v) is 3.21. The van der Waals surface area contributed by atoms with Gasteiger partial charge in [-0.15, -0.1) is 11.3 Å². The molecule has 0 unspecified atom stereocenters. The maximum absolute atomic E-state index is 9.97. The van der Waals surface area contributed by atoms with E-state index in [1.807, 2.05) is 32.2 Å². The van der Waals surface area contributed by atoms with Gasteiger partial charge >= 0.3 is 0 Å². The van der Waals surface area contributed by atoms with E-state index in [-0.39, 0.29) is 0 Å². The van der Waals surface area contributed by atoms with Gasteiger partial charge in [0.25, 0.3) is 0 Å². The number of rotatable bonds is 6. The van der Waals surface area contributed by atoms with E-state index in [4.69, 9.17) is 0 Å². The minimum atomic E-state index is 0.369. The molecular weight excluding hydrogens is 282 g/mol. The molecule has 1 aromatic carbocycles. The van der Waals surface area contributed by atoms with Crippen molar-refractivity contribution in [1.82, 2.24) is 4.98 Å². The quantitative estimate of drug-likeness (QED) is 0.849. The zero-order chi connectivity index (χ0) is 15.4. The summed E-state index contributed by atoms with van der Waals surface area (Å²) in [5.74, 6) is 0.369. The zero-order valence-corrected chi connectivity index (χ0v) is 13.9. The highest BCUT2D eigenvalue weighted by Crippen LogP contribution is 2.29. The smallest absolute Gasteiger partial charge is 0.185 e. The van der Waals surface area contributed by atoms with Gasteiger partial charge in [0.1, 0.15) is 5.75 Å². The molecule has 0 saturated heterocycles. The van der Waals surface area contributed by atoms with Gasteiger partial charge in [0.15, 0.2) is 5.13 Å². The van der Waals surface area contributed by atoms with Crippen molar-refractivity contribution in [2.45, 2.75) is 34.2 Å². The molecule has 4 nitrogen and oxygen atoms in total. The number of aromatic nitrogens is 1. The van der Waals surface area contributed by atoms with Crippen LogP contribution in [0.1, 0.15) is 29.9 Å². The topological polar surface area (TPSA) is 48.4 Å². The van der Waals surface area contributed by atoms with Crippen molar-refractivity contribution < 1.29 is 5.11 Å². The van der Waals surface area contributed by atoms with Crippen molar-refractivity contribution in [2.75, 3.05) is 23.3 Å². The predicted molar refractivity (Wildman–Crippen MR) is 90.6 cm³/mol. The van der Waals surface area contributed by atoms with Gasteiger partial charge in [-0.2, -0.15) is 0 Å². The second-order valence-corrected chi connectivity index (χ2v) is 6.13. The lowest BCUT2D eigenvalue weighted by Crippen LogP contribution is -2.21. The van der Waals surface area contributed by atoms with E-state index in [1.54, 1.807) is 11.3 Å². The Morgan fingerprint density at radius 1 is 1.24 bits per heavy atom. The molecule has 1 aromatic heterocycles. The van der Waals surface area contributed by atoms with E-state index in [0.29, 0.717) is 5.75 Å². The van der Waals surface area contributed by atoms with Crippen LogP contribution < -0.4 is 10.2 Å². The minimum Gasteiger partial charge on any atom is -0.507 e. The summed E-state index contributed by atoms with van der Waals surface area (Å²) in [6.45, 7) is 10.8. The van der Waals surface area contributed by atoms with Gasteiger partial charge in [-0.25, -0.2) is 4.98 Å². The molecule has 2 aromatic rings. The van der Waals surface area contributed by atoms with Crippen LogP contribution in [0.5, 0.6) is 5.75 Å². The molecule has 0 aliphatic rings. The third-order valence-corrected chi connectivity index (χ3v) is 4.72. The van der Waals surface area contributed by atoms with E-state index < -0.39 is 0 Å². The summed E-state index contributed by atoms with van der Waals surface area (Å²) in [4.78, 5) is 7.92. The third-order valence-electron chi connectivity index (χ3n) is 3.66. The van der Waals surface area contributed by atoms with Crippen molar-refractivity contribution in [3.8, 4) is 5.75 Å². The number of hydrogen-bond donors (Lipinski definition) is 2. The summed E-state index contributed by atoms with van der Waals surface area (Å²) in [7, 11) is 0. The van der Waals surface area contributed by atoms with Crippen LogP contribution in [0, 0.1) is 13.8 Å². The summed E-state index contributed by atoms with van der Waals surface area (Å²) in [6, 6.07) is 3.94. The number of nitrogens with one attached hydrogen (secondary N) is 1. The number of aromatic hydroxyl groups is 1. The first kappa shape index (κ1) is 15.6. The normalized spacial score (nSPS) is 10.7. The summed E-state index contributed by atoms with van der Waals surface area (Å²) in [5, 5.41) is 14.4. The highest BCUT2D eigenvalue weighted by molar-refractivity contribution is 7.15. The van der Waals surface area contributed by atoms with E-state index >= 15 is 0 Å². The third kappa shape index (κ3) is 3.47. The minimum absolute atomic E-state index is 0.369. The van der Waals surface area contributed by atoms with Crippen LogP contribution in [0.4, 0.5) is 10.8 Å². The Bertz CT molecular complexity index is 606. The molecule has 0 bridgehead atoms. The molecule has 0 radical (unpaired) electrons. The number of aryl methyl sites for hydroxylation is 1. The predicted octanol–water partition coefficient (Wildman–Crippen LogP) is 3.92. The van der Waals surface area contributed by atoms with Crippen molar-refractivity contribution in [3.05, 3.63) is 34.3 Å². The summed E-state index contributed by atoms with van der Waals surface area (Å²) in [6.07, 6.45) is 1.93. The molecule has 0 aliphatic heterocycles. The van der Waals surface area contributed by atoms with Crippen LogP contribution in [-0.4, -0.2) is 23.2 Å². The number of benzene rings is 1. The molecule has 0 amide bonds. The number of hydrogen-bond acceptors (Lipinski definition) is 5. The van der Waals surface area contributed by atoms with E-state index in [9.17, 15) is 5.11 Å². The number of nitrogens with zero attached hydrogens (tertiary/aromatic N) is 2. The molecule has 0 fully saturated rings. The number of thiazole rings is 1. The van der Waals surface area contributed by atoms with Crippen LogP contribution in [0.15, 0.2) is 18.3 Å². The first-order valence-electron chi connectivity index (χ1n) is 7.29. The molecule has 2 rings (SSSR count). The molecule has 114 valence electrons. The van der Waals surface area contributed by atoms with Crippen LogP contribution in [0.2, 0.25) is 0 Å². The Balaban J connectivity index is 2.05. The number of phenols is 1. The maximum Gasteiger partial charge on any atom is 0.185 e. The van der Waals surface area contributed by atoms with Gasteiger partial charge in [0.2, 0.25) is 0 Å². The largest absolute Gasteiger partial charge is 0.507 e. The standard InChI is InChI=1S/C16H23N3OS/c1-5-19(6-2)16-18-10-13(21-16)9-17-14-8-7-11(3)15(20)12(14)4/h7-8,10,17,20H,5-6,9H2,1-4H3. The number of anilines is 2. The Hall–Kier alpha value is -1.75. The van der Waals surface area contributed by atoms with E-state index in [2.05, 4.69) is 29.0 Å². The van der Waals surface area contributed by atoms with Gasteiger partial charge < -0.3 is 15.3 Å². The first-order valence-corrected chi connectivity index (χ1v) is 8.11. The Kier molecular flexibility index (Phi) is 5.07. The van der Waals surface area contributed by atoms with Gasteiger partial charge in [-0.1, -0.05) is 6.07 Å². The lowest BCUT2D eigenvalue weighted by molar-refractivity contribution is 0.467. The van der Waals surface area contributed by atoms with Crippen LogP contribution >= 0.6 is 11.3 Å². The van der Waals surface area contributed by atoms with Crippen molar-refractivity contribution >= 4 is 22.2 Å². The Labute approximate surface area is 130 Å². The summed E-state index contributed by atoms with van der Waals surface area (Å²) < 4.78 is 0. The van der Waals surface area contributed by atoms with Gasteiger partial charge in [-0.05, 0) is 39.3 Å². The summed E-state index contributed by atoms with van der Waals surface area (Å²) in [5.41, 5.74) is 2.76. The molecule has 0 spiro atoms. The molecule has 0 aliphatic carbocycles. The lowest BCUT2D eigenvalue weighted by atomic mass is 10.1. The van der Waals surface area contributed by atoms with Crippen LogP contribution in [0.3, 0.4) is 0 Å². The van der Waals surface area contributed by atoms with Gasteiger partial charge in [0.05, 0.1) is 6.54 Å². The highest BCUT2D eigenvalue weighted by atomic mass is 32.1. The fourth-order valence-electron chi connectivity index (χ4n) is 2.23. The van der Waals surface area contributed by atoms with E-state index in [1.165, 1.54) is 4.88 Å². The molecule has 1 heterocycles. The van der Waals surface area contributed by atoms with Gasteiger partial charge in [0, 0.05) is 35.4 Å². The van der Waals surface area contributed by atoms with Crippen molar-refractivity contribution in [1.29, 1.82) is 0 Å². The lowest BCUT2D eigenvalue weighted by Gasteiger charge is -2.16. The molecule has 5 heteroatoms. The second-order valence-electron chi connectivity index (χ2n) is 5.04. The molecule has 0 saturated carbocycles. The average Bonchev–Trinajstić information content (AvgIpc) is 2.94. The zero-order valence-electron chi connectivity index (χ0n) is 13.1. The average molecular weight is 305 g/mol. The monoisotopic (exact) mass is 305 g/mol. The maximum atomic E-state index is 9.97. The molecule has 0 atom stereocenters. The van der Waals surface area contributed by atoms with Crippen LogP contribution in [-0.2, 0) is 6.54 Å². The first-order chi connectivity index (χ1) is 10.1. The fraction of sp³-hybridized carbons (Fsp3) is 0.438. The van der Waals surface area contributed by atoms with Crippen LogP contribution in [0.25, 0.3) is 0 Å². The number of phenolic OH excluding ortho intramolecular Hbond substituents is 1. The highest BCUT2D eigenvalue weighted by Gasteiger charge is 2.09. The van der Waals surface area contributed by atoms with Crippen molar-refractivity contribution in [3.63, 3.8) is 0 Å². The van der Waals surface area contributed by atoms with Crippen molar-refractivity contribution in [2.24, 2.45) is 0 Å². The van der Waals surface area contributed by atoms with Gasteiger partial charge in [-0.3, -0.25) is 0 Å². The molecule has 2 N–H and O–H groups in total. The SMILES string of the molecule is CCN(CC)c1ncc(CNc2ccc(C)c(O)c2C)s1.